The van der Waals surface area contributed by atoms with Crippen LogP contribution in [-0.2, 0) is 4.79 Å². The van der Waals surface area contributed by atoms with Crippen LogP contribution in [0.4, 0.5) is 26.4 Å². The topological polar surface area (TPSA) is 144 Å². The number of benzene rings is 1. The molecule has 0 saturated carbocycles. The molecule has 11 nitrogen and oxygen atoms in total. The normalized spacial score (nSPS) is 15.8. The van der Waals surface area contributed by atoms with Crippen LogP contribution in [0.5, 0.6) is 0 Å². The van der Waals surface area contributed by atoms with Gasteiger partial charge in [-0.05, 0) is 37.3 Å². The van der Waals surface area contributed by atoms with Crippen molar-refractivity contribution < 1.29 is 24.2 Å². The standard InChI is InChI=1S/C25H27ClFN7O4/c1-15-21(12-22(32-31-15)19-10-16(26)2-3-20(19)27)29-17-4-6-28-23(11-17)30-24(36)5-7-33-8-9-34(25(37)38)13-18(33)14-35/h2-4,6,10-12,18,35H,5,7-9,13-14H2,1H3,(H,37,38)(H2,28,29,30,32,36). The molecule has 0 radical (unpaired) electrons. The Kier molecular flexibility index (Phi) is 8.66. The second-order valence-corrected chi connectivity index (χ2v) is 9.24. The number of halogens is 2. The number of rotatable bonds is 8. The fraction of sp³-hybridized carbons (Fsp3) is 0.320. The Morgan fingerprint density at radius 2 is 2.00 bits per heavy atom. The van der Waals surface area contributed by atoms with Crippen molar-refractivity contribution in [1.82, 2.24) is 25.0 Å². The number of nitrogens with zero attached hydrogens (tertiary/aromatic N) is 5. The first-order valence-electron chi connectivity index (χ1n) is 11.9. The maximum Gasteiger partial charge on any atom is 0.407 e. The van der Waals surface area contributed by atoms with Crippen molar-refractivity contribution in [2.45, 2.75) is 19.4 Å². The fourth-order valence-electron chi connectivity index (χ4n) is 4.12. The van der Waals surface area contributed by atoms with Gasteiger partial charge in [0.25, 0.3) is 0 Å². The van der Waals surface area contributed by atoms with Crippen LogP contribution in [-0.4, -0.2) is 86.0 Å². The van der Waals surface area contributed by atoms with Crippen LogP contribution in [0, 0.1) is 12.7 Å². The molecule has 0 aliphatic carbocycles. The van der Waals surface area contributed by atoms with E-state index in [1.807, 2.05) is 4.90 Å². The van der Waals surface area contributed by atoms with Gasteiger partial charge in [0.2, 0.25) is 5.91 Å². The molecule has 200 valence electrons. The number of aliphatic hydroxyl groups is 1. The average Bonchev–Trinajstić information content (AvgIpc) is 2.90. The zero-order valence-corrected chi connectivity index (χ0v) is 21.3. The average molecular weight is 544 g/mol. The number of carboxylic acid groups (broad SMARTS) is 1. The number of hydrogen-bond acceptors (Lipinski definition) is 8. The molecule has 4 N–H and O–H groups in total. The zero-order chi connectivity index (χ0) is 27.2. The van der Waals surface area contributed by atoms with Gasteiger partial charge >= 0.3 is 6.09 Å². The largest absolute Gasteiger partial charge is 0.465 e. The van der Waals surface area contributed by atoms with Crippen molar-refractivity contribution in [1.29, 1.82) is 0 Å². The number of carbonyl (C=O) groups excluding carboxylic acids is 1. The second kappa shape index (κ2) is 12.1. The molecule has 1 aromatic carbocycles. The molecule has 1 unspecified atom stereocenters. The van der Waals surface area contributed by atoms with E-state index in [0.29, 0.717) is 53.2 Å². The number of carbonyl (C=O) groups is 2. The zero-order valence-electron chi connectivity index (χ0n) is 20.6. The minimum atomic E-state index is -1.02. The van der Waals surface area contributed by atoms with E-state index in [1.165, 1.54) is 29.3 Å². The third-order valence-electron chi connectivity index (χ3n) is 6.20. The Morgan fingerprint density at radius 3 is 2.76 bits per heavy atom. The summed E-state index contributed by atoms with van der Waals surface area (Å²) in [5, 5.41) is 33.3. The first-order chi connectivity index (χ1) is 18.2. The lowest BCUT2D eigenvalue weighted by molar-refractivity contribution is -0.116. The maximum atomic E-state index is 14.3. The summed E-state index contributed by atoms with van der Waals surface area (Å²) in [6, 6.07) is 8.87. The monoisotopic (exact) mass is 543 g/mol. The van der Waals surface area contributed by atoms with Gasteiger partial charge in [-0.2, -0.15) is 10.2 Å². The molecule has 2 aromatic heterocycles. The summed E-state index contributed by atoms with van der Waals surface area (Å²) in [5.41, 5.74) is 2.33. The van der Waals surface area contributed by atoms with Gasteiger partial charge in [-0.25, -0.2) is 14.2 Å². The highest BCUT2D eigenvalue weighted by molar-refractivity contribution is 6.30. The third kappa shape index (κ3) is 6.71. The molecular weight excluding hydrogens is 517 g/mol. The quantitative estimate of drug-likeness (QED) is 0.336. The van der Waals surface area contributed by atoms with Crippen molar-refractivity contribution in [3.05, 3.63) is 59.1 Å². The number of nitrogens with one attached hydrogen (secondary N) is 2. The van der Waals surface area contributed by atoms with Crippen molar-refractivity contribution in [3.63, 3.8) is 0 Å². The van der Waals surface area contributed by atoms with Crippen molar-refractivity contribution >= 4 is 40.8 Å². The van der Waals surface area contributed by atoms with E-state index in [1.54, 1.807) is 25.1 Å². The van der Waals surface area contributed by atoms with Gasteiger partial charge in [0.05, 0.1) is 29.7 Å². The first kappa shape index (κ1) is 27.2. The van der Waals surface area contributed by atoms with Crippen LogP contribution in [0.25, 0.3) is 11.3 Å². The van der Waals surface area contributed by atoms with E-state index >= 15 is 0 Å². The predicted molar refractivity (Wildman–Crippen MR) is 140 cm³/mol. The fourth-order valence-corrected chi connectivity index (χ4v) is 4.29. The van der Waals surface area contributed by atoms with Gasteiger partial charge in [0.15, 0.2) is 0 Å². The van der Waals surface area contributed by atoms with Crippen LogP contribution in [0.2, 0.25) is 5.02 Å². The lowest BCUT2D eigenvalue weighted by atomic mass is 10.1. The summed E-state index contributed by atoms with van der Waals surface area (Å²) in [4.78, 5) is 31.1. The molecule has 0 bridgehead atoms. The molecule has 3 heterocycles. The molecule has 1 fully saturated rings. The Hall–Kier alpha value is -3.87. The number of anilines is 3. The summed E-state index contributed by atoms with van der Waals surface area (Å²) < 4.78 is 14.3. The molecule has 1 aliphatic heterocycles. The molecule has 1 saturated heterocycles. The summed E-state index contributed by atoms with van der Waals surface area (Å²) >= 11 is 6.02. The Balaban J connectivity index is 1.38. The molecule has 13 heteroatoms. The maximum absolute atomic E-state index is 14.3. The minimum Gasteiger partial charge on any atom is -0.465 e. The number of aromatic nitrogens is 3. The Bertz CT molecular complexity index is 1330. The van der Waals surface area contributed by atoms with E-state index in [9.17, 15) is 19.1 Å². The predicted octanol–water partition coefficient (Wildman–Crippen LogP) is 3.37. The molecular formula is C25H27ClFN7O4. The first-order valence-corrected chi connectivity index (χ1v) is 12.3. The van der Waals surface area contributed by atoms with Gasteiger partial charge in [-0.3, -0.25) is 9.69 Å². The van der Waals surface area contributed by atoms with Crippen LogP contribution in [0.1, 0.15) is 12.1 Å². The Labute approximate surface area is 223 Å². The van der Waals surface area contributed by atoms with Crippen LogP contribution < -0.4 is 10.6 Å². The molecule has 38 heavy (non-hydrogen) atoms. The lowest BCUT2D eigenvalue weighted by Gasteiger charge is -2.39. The highest BCUT2D eigenvalue weighted by Gasteiger charge is 2.29. The summed E-state index contributed by atoms with van der Waals surface area (Å²) in [6.07, 6.45) is 0.656. The summed E-state index contributed by atoms with van der Waals surface area (Å²) in [7, 11) is 0. The summed E-state index contributed by atoms with van der Waals surface area (Å²) in [6.45, 7) is 2.87. The lowest BCUT2D eigenvalue weighted by Crippen LogP contribution is -2.56. The van der Waals surface area contributed by atoms with Crippen LogP contribution in [0.15, 0.2) is 42.6 Å². The Morgan fingerprint density at radius 1 is 1.18 bits per heavy atom. The number of hydrogen-bond donors (Lipinski definition) is 4. The number of aryl methyl sites for hydroxylation is 1. The molecule has 3 aromatic rings. The van der Waals surface area contributed by atoms with Gasteiger partial charge in [-0.15, -0.1) is 0 Å². The van der Waals surface area contributed by atoms with Gasteiger partial charge in [0.1, 0.15) is 11.6 Å². The SMILES string of the molecule is Cc1nnc(-c2cc(Cl)ccc2F)cc1Nc1ccnc(NC(=O)CCN2CCN(C(=O)O)CC2CO)c1. The van der Waals surface area contributed by atoms with Gasteiger partial charge in [0, 0.05) is 61.1 Å². The number of amides is 2. The van der Waals surface area contributed by atoms with E-state index in [0.717, 1.165) is 0 Å². The highest BCUT2D eigenvalue weighted by atomic mass is 35.5. The minimum absolute atomic E-state index is 0.144. The molecule has 1 aliphatic rings. The highest BCUT2D eigenvalue weighted by Crippen LogP contribution is 2.28. The third-order valence-corrected chi connectivity index (χ3v) is 6.44. The second-order valence-electron chi connectivity index (χ2n) is 8.81. The van der Waals surface area contributed by atoms with E-state index < -0.39 is 11.9 Å². The number of aliphatic hydroxyl groups excluding tert-OH is 1. The number of piperazine rings is 1. The van der Waals surface area contributed by atoms with Crippen LogP contribution >= 0.6 is 11.6 Å². The van der Waals surface area contributed by atoms with Gasteiger partial charge < -0.3 is 25.7 Å². The molecule has 2 amide bonds. The van der Waals surface area contributed by atoms with Crippen molar-refractivity contribution in [2.24, 2.45) is 0 Å². The van der Waals surface area contributed by atoms with Crippen molar-refractivity contribution in [3.8, 4) is 11.3 Å². The van der Waals surface area contributed by atoms with Gasteiger partial charge in [-0.1, -0.05) is 11.6 Å². The van der Waals surface area contributed by atoms with E-state index in [-0.39, 0.29) is 37.1 Å². The smallest absolute Gasteiger partial charge is 0.407 e. The van der Waals surface area contributed by atoms with Crippen molar-refractivity contribution in [2.75, 3.05) is 43.4 Å². The molecule has 0 spiro atoms. The van der Waals surface area contributed by atoms with E-state index in [4.69, 9.17) is 16.7 Å². The molecule has 4 rings (SSSR count). The summed E-state index contributed by atoms with van der Waals surface area (Å²) in [5.74, 6) is -0.413. The molecule has 1 atom stereocenters. The van der Waals surface area contributed by atoms with E-state index in [2.05, 4.69) is 25.8 Å². The number of pyridine rings is 1. The van der Waals surface area contributed by atoms with Crippen LogP contribution in [0.3, 0.4) is 0 Å².